The largest absolute Gasteiger partial charge is 0.340 e. The van der Waals surface area contributed by atoms with Crippen molar-refractivity contribution in [1.29, 1.82) is 0 Å². The third-order valence-electron chi connectivity index (χ3n) is 6.04. The van der Waals surface area contributed by atoms with Crippen LogP contribution in [0.4, 0.5) is 11.5 Å². The third-order valence-corrected chi connectivity index (χ3v) is 6.04. The molecule has 10 heteroatoms. The highest BCUT2D eigenvalue weighted by Gasteiger charge is 2.30. The standard InChI is InChI=1S/C25H29N9O/c1-16-7-8-19(15-34(16)17(2)35)25-31-21(23-14-28-9-10-29-23)12-24(32-25)30-20-6-4-5-18(11-20)22(33-26)13-27-3/h4-6,9-14,16,19H,7-8,15,26H2,1-3H3,(H,30,31,32)/t16-,19+/m0/s1. The van der Waals surface area contributed by atoms with Crippen molar-refractivity contribution in [2.75, 3.05) is 18.9 Å². The number of benzene rings is 1. The van der Waals surface area contributed by atoms with Gasteiger partial charge >= 0.3 is 0 Å². The van der Waals surface area contributed by atoms with Crippen LogP contribution in [0.15, 0.2) is 59.0 Å². The maximum absolute atomic E-state index is 12.2. The molecular formula is C25H29N9O. The van der Waals surface area contributed by atoms with Gasteiger partial charge in [-0.05, 0) is 31.9 Å². The average Bonchev–Trinajstić information content (AvgIpc) is 2.88. The van der Waals surface area contributed by atoms with Crippen LogP contribution in [-0.4, -0.2) is 62.3 Å². The number of likely N-dealkylation sites (tertiary alicyclic amines) is 1. The number of nitrogens with two attached hydrogens (primary N) is 1. The molecule has 3 heterocycles. The number of carbonyl (C=O) groups excluding carboxylic acids is 1. The molecule has 180 valence electrons. The van der Waals surface area contributed by atoms with Crippen LogP contribution in [0.5, 0.6) is 0 Å². The highest BCUT2D eigenvalue weighted by Crippen LogP contribution is 2.31. The highest BCUT2D eigenvalue weighted by molar-refractivity contribution is 6.38. The second-order valence-electron chi connectivity index (χ2n) is 8.49. The molecule has 10 nitrogen and oxygen atoms in total. The second kappa shape index (κ2) is 10.8. The monoisotopic (exact) mass is 471 g/mol. The van der Waals surface area contributed by atoms with Gasteiger partial charge < -0.3 is 16.1 Å². The van der Waals surface area contributed by atoms with Crippen molar-refractivity contribution in [3.63, 3.8) is 0 Å². The first-order valence-corrected chi connectivity index (χ1v) is 11.5. The van der Waals surface area contributed by atoms with Gasteiger partial charge in [0.15, 0.2) is 0 Å². The molecule has 0 bridgehead atoms. The Morgan fingerprint density at radius 2 is 2.06 bits per heavy atom. The van der Waals surface area contributed by atoms with E-state index in [0.29, 0.717) is 35.3 Å². The van der Waals surface area contributed by atoms with Crippen molar-refractivity contribution in [1.82, 2.24) is 24.8 Å². The SMILES string of the molecule is CN=CC(=NN)c1cccc(Nc2cc(-c3cnccn3)nc([C@@H]3CC[C@H](C)N(C(C)=O)C3)n2)c1. The molecule has 2 atom stereocenters. The van der Waals surface area contributed by atoms with Gasteiger partial charge in [0.2, 0.25) is 5.91 Å². The molecule has 0 spiro atoms. The number of anilines is 2. The Hall–Kier alpha value is -4.21. The molecule has 1 amide bonds. The number of hydrogen-bond donors (Lipinski definition) is 2. The maximum Gasteiger partial charge on any atom is 0.219 e. The van der Waals surface area contributed by atoms with Crippen molar-refractivity contribution in [3.8, 4) is 11.4 Å². The zero-order chi connectivity index (χ0) is 24.8. The van der Waals surface area contributed by atoms with E-state index in [9.17, 15) is 4.79 Å². The summed E-state index contributed by atoms with van der Waals surface area (Å²) < 4.78 is 0. The van der Waals surface area contributed by atoms with Gasteiger partial charge in [-0.1, -0.05) is 12.1 Å². The summed E-state index contributed by atoms with van der Waals surface area (Å²) in [6.45, 7) is 4.27. The van der Waals surface area contributed by atoms with Crippen LogP contribution in [0.3, 0.4) is 0 Å². The van der Waals surface area contributed by atoms with Crippen molar-refractivity contribution in [3.05, 3.63) is 60.3 Å². The summed E-state index contributed by atoms with van der Waals surface area (Å²) in [5, 5.41) is 7.20. The van der Waals surface area contributed by atoms with Crippen LogP contribution in [0.2, 0.25) is 0 Å². The molecule has 1 aliphatic heterocycles. The molecule has 2 aromatic heterocycles. The fraction of sp³-hybridized carbons (Fsp3) is 0.320. The summed E-state index contributed by atoms with van der Waals surface area (Å²) in [6, 6.07) is 9.73. The molecule has 1 saturated heterocycles. The first-order valence-electron chi connectivity index (χ1n) is 11.5. The van der Waals surface area contributed by atoms with Gasteiger partial charge in [-0.25, -0.2) is 9.97 Å². The van der Waals surface area contributed by atoms with Gasteiger partial charge in [-0.3, -0.25) is 19.8 Å². The van der Waals surface area contributed by atoms with Gasteiger partial charge in [0, 0.05) is 68.4 Å². The first kappa shape index (κ1) is 23.9. The van der Waals surface area contributed by atoms with E-state index >= 15 is 0 Å². The summed E-state index contributed by atoms with van der Waals surface area (Å²) >= 11 is 0. The lowest BCUT2D eigenvalue weighted by atomic mass is 9.92. The molecule has 1 aliphatic rings. The topological polar surface area (TPSA) is 135 Å². The summed E-state index contributed by atoms with van der Waals surface area (Å²) in [7, 11) is 1.67. The number of aliphatic imine (C=N–C) groups is 1. The van der Waals surface area contributed by atoms with Gasteiger partial charge in [-0.15, -0.1) is 0 Å². The van der Waals surface area contributed by atoms with Crippen LogP contribution in [0.25, 0.3) is 11.4 Å². The molecule has 0 unspecified atom stereocenters. The smallest absolute Gasteiger partial charge is 0.219 e. The molecule has 1 fully saturated rings. The number of rotatable bonds is 6. The predicted octanol–water partition coefficient (Wildman–Crippen LogP) is 3.16. The summed E-state index contributed by atoms with van der Waals surface area (Å²) in [4.78, 5) is 36.3. The quantitative estimate of drug-likeness (QED) is 0.320. The van der Waals surface area contributed by atoms with Crippen molar-refractivity contribution < 1.29 is 4.79 Å². The van der Waals surface area contributed by atoms with Gasteiger partial charge in [0.05, 0.1) is 11.9 Å². The Kier molecular flexibility index (Phi) is 7.39. The predicted molar refractivity (Wildman–Crippen MR) is 137 cm³/mol. The molecule has 4 rings (SSSR count). The molecule has 1 aromatic carbocycles. The zero-order valence-electron chi connectivity index (χ0n) is 20.1. The Balaban J connectivity index is 1.70. The van der Waals surface area contributed by atoms with Gasteiger partial charge in [0.25, 0.3) is 0 Å². The van der Waals surface area contributed by atoms with Crippen LogP contribution in [0.1, 0.15) is 44.0 Å². The molecule has 0 radical (unpaired) electrons. The average molecular weight is 472 g/mol. The van der Waals surface area contributed by atoms with Crippen LogP contribution in [-0.2, 0) is 4.79 Å². The minimum atomic E-state index is 0.0235. The van der Waals surface area contributed by atoms with E-state index in [1.54, 1.807) is 38.8 Å². The highest BCUT2D eigenvalue weighted by atomic mass is 16.2. The van der Waals surface area contributed by atoms with E-state index in [1.807, 2.05) is 35.2 Å². The number of nitrogens with one attached hydrogen (secondary N) is 1. The molecule has 3 aromatic rings. The van der Waals surface area contributed by atoms with Crippen LogP contribution < -0.4 is 11.2 Å². The van der Waals surface area contributed by atoms with Gasteiger partial charge in [0.1, 0.15) is 23.0 Å². The lowest BCUT2D eigenvalue weighted by Gasteiger charge is -2.37. The number of carbonyl (C=O) groups is 1. The Morgan fingerprint density at radius 3 is 2.77 bits per heavy atom. The Bertz CT molecular complexity index is 1240. The normalized spacial score (nSPS) is 18.6. The minimum Gasteiger partial charge on any atom is -0.340 e. The summed E-state index contributed by atoms with van der Waals surface area (Å²) in [5.74, 6) is 6.92. The van der Waals surface area contributed by atoms with E-state index < -0.39 is 0 Å². The lowest BCUT2D eigenvalue weighted by molar-refractivity contribution is -0.132. The number of hydrazone groups is 1. The molecule has 0 aliphatic carbocycles. The Labute approximate surface area is 204 Å². The van der Waals surface area contributed by atoms with Crippen molar-refractivity contribution in [2.45, 2.75) is 38.6 Å². The number of aromatic nitrogens is 4. The Morgan fingerprint density at radius 1 is 1.20 bits per heavy atom. The lowest BCUT2D eigenvalue weighted by Crippen LogP contribution is -2.44. The fourth-order valence-corrected chi connectivity index (χ4v) is 4.24. The summed E-state index contributed by atoms with van der Waals surface area (Å²) in [5.41, 5.74) is 3.52. The van der Waals surface area contributed by atoms with Gasteiger partial charge in [-0.2, -0.15) is 5.10 Å². The van der Waals surface area contributed by atoms with Crippen LogP contribution in [0, 0.1) is 0 Å². The maximum atomic E-state index is 12.2. The zero-order valence-corrected chi connectivity index (χ0v) is 20.1. The van der Waals surface area contributed by atoms with Crippen molar-refractivity contribution in [2.24, 2.45) is 15.9 Å². The number of hydrogen-bond acceptors (Lipinski definition) is 9. The molecule has 3 N–H and O–H groups in total. The number of amides is 1. The molecule has 0 saturated carbocycles. The van der Waals surface area contributed by atoms with E-state index in [-0.39, 0.29) is 17.9 Å². The third kappa shape index (κ3) is 5.65. The van der Waals surface area contributed by atoms with Crippen molar-refractivity contribution >= 4 is 29.3 Å². The van der Waals surface area contributed by atoms with E-state index in [4.69, 9.17) is 15.8 Å². The first-order chi connectivity index (χ1) is 17.0. The molecular weight excluding hydrogens is 442 g/mol. The number of piperidine rings is 1. The summed E-state index contributed by atoms with van der Waals surface area (Å²) in [6.07, 6.45) is 8.34. The second-order valence-corrected chi connectivity index (χ2v) is 8.49. The number of nitrogens with zero attached hydrogens (tertiary/aromatic N) is 7. The van der Waals surface area contributed by atoms with E-state index in [0.717, 1.165) is 24.1 Å². The fourth-order valence-electron chi connectivity index (χ4n) is 4.24. The van der Waals surface area contributed by atoms with E-state index in [2.05, 4.69) is 32.3 Å². The van der Waals surface area contributed by atoms with E-state index in [1.165, 1.54) is 0 Å². The minimum absolute atomic E-state index is 0.0235. The molecule has 35 heavy (non-hydrogen) atoms. The van der Waals surface area contributed by atoms with Crippen LogP contribution >= 0.6 is 0 Å².